The summed E-state index contributed by atoms with van der Waals surface area (Å²) in [7, 11) is 1.76. The number of pyridine rings is 1. The second kappa shape index (κ2) is 8.84. The average Bonchev–Trinajstić information content (AvgIpc) is 3.45. The number of rotatable bonds is 7. The molecule has 3 aromatic heterocycles. The molecular formula is C24H19N9O. The molecule has 5 rings (SSSR count). The van der Waals surface area contributed by atoms with Crippen molar-refractivity contribution in [3.8, 4) is 18.0 Å². The molecule has 0 spiro atoms. The summed E-state index contributed by atoms with van der Waals surface area (Å²) in [5, 5.41) is 23.9. The molecule has 0 aliphatic carbocycles. The minimum Gasteiger partial charge on any atom is -0.458 e. The van der Waals surface area contributed by atoms with Gasteiger partial charge < -0.3 is 10.1 Å². The van der Waals surface area contributed by atoms with E-state index in [1.807, 2.05) is 54.6 Å². The number of nitriles is 1. The second-order valence-electron chi connectivity index (χ2n) is 7.42. The lowest BCUT2D eigenvalue weighted by molar-refractivity contribution is 0.272. The van der Waals surface area contributed by atoms with E-state index in [-0.39, 0.29) is 6.61 Å². The predicted octanol–water partition coefficient (Wildman–Crippen LogP) is 3.48. The molecule has 0 amide bonds. The maximum atomic E-state index is 8.96. The number of nitrogens with zero attached hydrogens (tertiary/aromatic N) is 8. The summed E-state index contributed by atoms with van der Waals surface area (Å²) in [6.45, 7) is 4.26. The van der Waals surface area contributed by atoms with E-state index in [9.17, 15) is 0 Å². The molecule has 0 unspecified atom stereocenters. The molecule has 34 heavy (non-hydrogen) atoms. The van der Waals surface area contributed by atoms with Crippen LogP contribution in [0.15, 0.2) is 73.3 Å². The standard InChI is InChI=1S/C24H19N9O/c1-16(18-12-10-17(14-25)11-13-18)26-22-9-5-6-19(27-22)15-34-24-28-20-7-3-4-8-21(20)33(24)23-29-30-31-32(23)2/h3-13H,1,15H2,2H3,(H,26,27). The molecule has 5 aromatic rings. The van der Waals surface area contributed by atoms with Crippen molar-refractivity contribution in [3.05, 3.63) is 90.1 Å². The third-order valence-electron chi connectivity index (χ3n) is 5.13. The third kappa shape index (κ3) is 4.05. The maximum Gasteiger partial charge on any atom is 0.305 e. The molecule has 0 saturated heterocycles. The van der Waals surface area contributed by atoms with Crippen molar-refractivity contribution in [1.29, 1.82) is 5.26 Å². The fourth-order valence-electron chi connectivity index (χ4n) is 3.45. The summed E-state index contributed by atoms with van der Waals surface area (Å²) in [4.78, 5) is 9.22. The van der Waals surface area contributed by atoms with Gasteiger partial charge >= 0.3 is 6.01 Å². The van der Waals surface area contributed by atoms with Crippen LogP contribution in [-0.2, 0) is 13.7 Å². The van der Waals surface area contributed by atoms with Crippen LogP contribution in [-0.4, -0.2) is 34.7 Å². The highest BCUT2D eigenvalue weighted by molar-refractivity contribution is 5.78. The number of imidazole rings is 1. The van der Waals surface area contributed by atoms with E-state index in [1.54, 1.807) is 28.4 Å². The van der Waals surface area contributed by atoms with Crippen LogP contribution in [0.1, 0.15) is 16.8 Å². The molecule has 0 fully saturated rings. The van der Waals surface area contributed by atoms with Crippen LogP contribution in [0.3, 0.4) is 0 Å². The lowest BCUT2D eigenvalue weighted by Gasteiger charge is -2.11. The van der Waals surface area contributed by atoms with E-state index in [0.717, 1.165) is 16.6 Å². The highest BCUT2D eigenvalue weighted by Crippen LogP contribution is 2.25. The van der Waals surface area contributed by atoms with Crippen molar-refractivity contribution >= 4 is 22.5 Å². The molecule has 0 radical (unpaired) electrons. The molecule has 0 atom stereocenters. The Hall–Kier alpha value is -5.04. The minimum atomic E-state index is 0.188. The Balaban J connectivity index is 1.35. The fourth-order valence-corrected chi connectivity index (χ4v) is 3.45. The highest BCUT2D eigenvalue weighted by Gasteiger charge is 2.18. The van der Waals surface area contributed by atoms with Gasteiger partial charge in [-0.25, -0.2) is 14.2 Å². The van der Waals surface area contributed by atoms with Crippen LogP contribution in [0.4, 0.5) is 5.82 Å². The number of ether oxygens (including phenoxy) is 1. The van der Waals surface area contributed by atoms with Crippen LogP contribution >= 0.6 is 0 Å². The van der Waals surface area contributed by atoms with Gasteiger partial charge in [-0.05, 0) is 52.4 Å². The number of aromatic nitrogens is 7. The quantitative estimate of drug-likeness (QED) is 0.401. The Morgan fingerprint density at radius 1 is 1.06 bits per heavy atom. The first-order valence-corrected chi connectivity index (χ1v) is 10.4. The Morgan fingerprint density at radius 3 is 2.65 bits per heavy atom. The number of fused-ring (bicyclic) bond motifs is 1. The smallest absolute Gasteiger partial charge is 0.305 e. The molecule has 10 heteroatoms. The first-order chi connectivity index (χ1) is 16.6. The van der Waals surface area contributed by atoms with Crippen molar-refractivity contribution in [2.45, 2.75) is 6.61 Å². The summed E-state index contributed by atoms with van der Waals surface area (Å²) in [5.74, 6) is 1.12. The van der Waals surface area contributed by atoms with Gasteiger partial charge in [0.25, 0.3) is 5.95 Å². The number of aryl methyl sites for hydroxylation is 1. The number of para-hydroxylation sites is 2. The molecule has 0 bridgehead atoms. The van der Waals surface area contributed by atoms with E-state index >= 15 is 0 Å². The SMILES string of the molecule is C=C(Nc1cccc(COc2nc3ccccc3n2-c2nnnn2C)n1)c1ccc(C#N)cc1. The summed E-state index contributed by atoms with van der Waals surface area (Å²) in [5.41, 5.74) is 4.43. The van der Waals surface area contributed by atoms with Gasteiger partial charge in [0.05, 0.1) is 28.4 Å². The molecule has 2 aromatic carbocycles. The zero-order valence-corrected chi connectivity index (χ0v) is 18.3. The van der Waals surface area contributed by atoms with E-state index < -0.39 is 0 Å². The van der Waals surface area contributed by atoms with Gasteiger partial charge in [0.15, 0.2) is 0 Å². The number of hydrogen-bond donors (Lipinski definition) is 1. The third-order valence-corrected chi connectivity index (χ3v) is 5.13. The number of hydrogen-bond acceptors (Lipinski definition) is 8. The zero-order valence-electron chi connectivity index (χ0n) is 18.3. The Kier molecular flexibility index (Phi) is 5.42. The minimum absolute atomic E-state index is 0.188. The number of nitrogens with one attached hydrogen (secondary N) is 1. The first-order valence-electron chi connectivity index (χ1n) is 10.4. The largest absolute Gasteiger partial charge is 0.458 e. The first kappa shape index (κ1) is 20.8. The van der Waals surface area contributed by atoms with Crippen molar-refractivity contribution in [3.63, 3.8) is 0 Å². The lowest BCUT2D eigenvalue weighted by atomic mass is 10.1. The van der Waals surface area contributed by atoms with E-state index in [1.165, 1.54) is 0 Å². The topological polar surface area (TPSA) is 119 Å². The highest BCUT2D eigenvalue weighted by atomic mass is 16.5. The molecule has 166 valence electrons. The van der Waals surface area contributed by atoms with Crippen molar-refractivity contribution in [1.82, 2.24) is 34.7 Å². The van der Waals surface area contributed by atoms with E-state index in [2.05, 4.69) is 43.5 Å². The van der Waals surface area contributed by atoms with Gasteiger partial charge in [-0.3, -0.25) is 0 Å². The molecule has 1 N–H and O–H groups in total. The molecule has 10 nitrogen and oxygen atoms in total. The molecule has 0 saturated carbocycles. The van der Waals surface area contributed by atoms with Gasteiger partial charge in [-0.15, -0.1) is 0 Å². The maximum absolute atomic E-state index is 8.96. The monoisotopic (exact) mass is 449 g/mol. The van der Waals surface area contributed by atoms with Crippen LogP contribution < -0.4 is 10.1 Å². The lowest BCUT2D eigenvalue weighted by Crippen LogP contribution is -2.09. The Morgan fingerprint density at radius 2 is 1.88 bits per heavy atom. The fraction of sp³-hybridized carbons (Fsp3) is 0.0833. The number of tetrazole rings is 1. The van der Waals surface area contributed by atoms with Crippen molar-refractivity contribution < 1.29 is 4.74 Å². The molecule has 3 heterocycles. The number of anilines is 1. The summed E-state index contributed by atoms with van der Waals surface area (Å²) in [6, 6.07) is 22.9. The summed E-state index contributed by atoms with van der Waals surface area (Å²) < 4.78 is 9.38. The summed E-state index contributed by atoms with van der Waals surface area (Å²) >= 11 is 0. The predicted molar refractivity (Wildman–Crippen MR) is 126 cm³/mol. The van der Waals surface area contributed by atoms with Crippen molar-refractivity contribution in [2.24, 2.45) is 7.05 Å². The van der Waals surface area contributed by atoms with E-state index in [0.29, 0.717) is 34.7 Å². The molecule has 0 aliphatic heterocycles. The van der Waals surface area contributed by atoms with E-state index in [4.69, 9.17) is 10.00 Å². The van der Waals surface area contributed by atoms with Gasteiger partial charge in [-0.2, -0.15) is 10.2 Å². The summed E-state index contributed by atoms with van der Waals surface area (Å²) in [6.07, 6.45) is 0. The normalized spacial score (nSPS) is 10.7. The molecular weight excluding hydrogens is 430 g/mol. The van der Waals surface area contributed by atoms with Gasteiger partial charge in [-0.1, -0.05) is 42.0 Å². The van der Waals surface area contributed by atoms with Gasteiger partial charge in [0.2, 0.25) is 0 Å². The zero-order chi connectivity index (χ0) is 23.5. The van der Waals surface area contributed by atoms with Crippen LogP contribution in [0.2, 0.25) is 0 Å². The second-order valence-corrected chi connectivity index (χ2v) is 7.42. The molecule has 0 aliphatic rings. The van der Waals surface area contributed by atoms with Crippen LogP contribution in [0.25, 0.3) is 22.7 Å². The van der Waals surface area contributed by atoms with Crippen LogP contribution in [0, 0.1) is 11.3 Å². The van der Waals surface area contributed by atoms with Gasteiger partial charge in [0, 0.05) is 12.7 Å². The van der Waals surface area contributed by atoms with Crippen LogP contribution in [0.5, 0.6) is 6.01 Å². The average molecular weight is 449 g/mol. The Bertz CT molecular complexity index is 1530. The number of benzene rings is 2. The van der Waals surface area contributed by atoms with Gasteiger partial charge in [0.1, 0.15) is 12.4 Å². The van der Waals surface area contributed by atoms with Crippen molar-refractivity contribution in [2.75, 3.05) is 5.32 Å². The Labute approximate surface area is 194 Å².